The van der Waals surface area contributed by atoms with Crippen molar-refractivity contribution < 1.29 is 9.90 Å². The van der Waals surface area contributed by atoms with Gasteiger partial charge in [-0.1, -0.05) is 47.0 Å². The van der Waals surface area contributed by atoms with E-state index in [1.165, 1.54) is 44.9 Å². The highest BCUT2D eigenvalue weighted by Crippen LogP contribution is 2.39. The Morgan fingerprint density at radius 3 is 2.45 bits per heavy atom. The van der Waals surface area contributed by atoms with Crippen LogP contribution in [0.15, 0.2) is 4.99 Å². The van der Waals surface area contributed by atoms with Gasteiger partial charge in [0.15, 0.2) is 23.1 Å². The van der Waals surface area contributed by atoms with Crippen LogP contribution in [0, 0.1) is 23.2 Å². The molecule has 1 aliphatic heterocycles. The Labute approximate surface area is 238 Å². The Kier molecular flexibility index (Phi) is 8.25. The predicted octanol–water partition coefficient (Wildman–Crippen LogP) is 6.04. The van der Waals surface area contributed by atoms with E-state index in [-0.39, 0.29) is 23.1 Å². The monoisotopic (exact) mass is 552 g/mol. The lowest BCUT2D eigenvalue weighted by Gasteiger charge is -2.33. The molecule has 3 heterocycles. The Hall–Kier alpha value is -2.91. The molecule has 2 saturated carbocycles. The quantitative estimate of drug-likeness (QED) is 0.266. The standard InChI is InChI=1S/C30H48N8O2/c1-18-11-13-20(14-12-18)17-38-23-25(32-19(2)21-8-6-9-21)34-27(24(31)33-29(39)40)35-26(23)36-28(38)37-15-7-10-22(37)16-30(3,4)5/h18-22H,6-17H2,1-5H3,(H2,31,33)(H,39,40)(H,32,34,35). The smallest absolute Gasteiger partial charge is 0.433 e. The molecule has 40 heavy (non-hydrogen) atoms. The summed E-state index contributed by atoms with van der Waals surface area (Å²) in [4.78, 5) is 32.0. The molecule has 10 nitrogen and oxygen atoms in total. The minimum absolute atomic E-state index is 0.105. The molecular formula is C30H48N8O2. The highest BCUT2D eigenvalue weighted by Gasteiger charge is 2.34. The molecular weight excluding hydrogens is 504 g/mol. The topological polar surface area (TPSA) is 135 Å². The van der Waals surface area contributed by atoms with Gasteiger partial charge in [-0.3, -0.25) is 0 Å². The van der Waals surface area contributed by atoms with Gasteiger partial charge in [-0.25, -0.2) is 14.8 Å². The number of imidazole rings is 1. The number of aliphatic imine (C=N–C) groups is 1. The first-order valence-electron chi connectivity index (χ1n) is 15.4. The molecule has 3 aliphatic rings. The van der Waals surface area contributed by atoms with Crippen molar-refractivity contribution in [2.24, 2.45) is 33.9 Å². The largest absolute Gasteiger partial charge is 0.463 e. The molecule has 0 aromatic carbocycles. The SMILES string of the molecule is CC1CCC(Cn2c(N3CCCC3CC(C)(C)C)nc3nc(C(N)=NC(=O)O)nc(NC(C)C4CCC4)c32)CC1. The average Bonchev–Trinajstić information content (AvgIpc) is 3.41. The van der Waals surface area contributed by atoms with Crippen LogP contribution >= 0.6 is 0 Å². The number of amides is 1. The maximum Gasteiger partial charge on any atom is 0.433 e. The van der Waals surface area contributed by atoms with E-state index in [1.54, 1.807) is 0 Å². The number of amidine groups is 1. The number of nitrogens with one attached hydrogen (secondary N) is 1. The fourth-order valence-electron chi connectivity index (χ4n) is 6.85. The summed E-state index contributed by atoms with van der Waals surface area (Å²) in [7, 11) is 0. The Morgan fingerprint density at radius 2 is 1.82 bits per heavy atom. The third kappa shape index (κ3) is 6.36. The fourth-order valence-corrected chi connectivity index (χ4v) is 6.85. The van der Waals surface area contributed by atoms with Gasteiger partial charge in [0.1, 0.15) is 5.52 Å². The number of fused-ring (bicyclic) bond motifs is 1. The van der Waals surface area contributed by atoms with E-state index in [2.05, 4.69) is 54.4 Å². The number of carbonyl (C=O) groups is 1. The summed E-state index contributed by atoms with van der Waals surface area (Å²) >= 11 is 0. The molecule has 2 unspecified atom stereocenters. The molecule has 0 radical (unpaired) electrons. The molecule has 0 spiro atoms. The van der Waals surface area contributed by atoms with Crippen molar-refractivity contribution in [2.75, 3.05) is 16.8 Å². The van der Waals surface area contributed by atoms with E-state index in [0.717, 1.165) is 49.7 Å². The molecule has 2 aromatic heterocycles. The van der Waals surface area contributed by atoms with E-state index < -0.39 is 6.09 Å². The van der Waals surface area contributed by atoms with Crippen LogP contribution in [0.4, 0.5) is 16.6 Å². The Bertz CT molecular complexity index is 1240. The fraction of sp³-hybridized carbons (Fsp3) is 0.767. The van der Waals surface area contributed by atoms with Crippen LogP contribution in [0.3, 0.4) is 0 Å². The number of carboxylic acid groups (broad SMARTS) is 1. The van der Waals surface area contributed by atoms with E-state index in [4.69, 9.17) is 20.7 Å². The molecule has 2 atom stereocenters. The van der Waals surface area contributed by atoms with Crippen molar-refractivity contribution in [3.63, 3.8) is 0 Å². The van der Waals surface area contributed by atoms with Crippen LogP contribution in [0.1, 0.15) is 105 Å². The van der Waals surface area contributed by atoms with Gasteiger partial charge in [0.05, 0.1) is 0 Å². The number of hydrogen-bond donors (Lipinski definition) is 3. The van der Waals surface area contributed by atoms with Gasteiger partial charge in [0.25, 0.3) is 0 Å². The first-order valence-corrected chi connectivity index (χ1v) is 15.4. The predicted molar refractivity (Wildman–Crippen MR) is 160 cm³/mol. The zero-order valence-corrected chi connectivity index (χ0v) is 25.0. The van der Waals surface area contributed by atoms with Crippen LogP contribution in [0.2, 0.25) is 0 Å². The second-order valence-electron chi connectivity index (χ2n) is 13.9. The lowest BCUT2D eigenvalue weighted by Crippen LogP contribution is -2.35. The molecule has 1 saturated heterocycles. The molecule has 1 amide bonds. The first-order chi connectivity index (χ1) is 19.0. The highest BCUT2D eigenvalue weighted by molar-refractivity contribution is 6.01. The summed E-state index contributed by atoms with van der Waals surface area (Å²) in [5.74, 6) is 3.48. The zero-order valence-electron chi connectivity index (χ0n) is 25.0. The first kappa shape index (κ1) is 28.6. The molecule has 2 aromatic rings. The van der Waals surface area contributed by atoms with Crippen LogP contribution in [-0.4, -0.2) is 55.2 Å². The second kappa shape index (κ2) is 11.5. The van der Waals surface area contributed by atoms with Gasteiger partial charge in [0.2, 0.25) is 5.95 Å². The van der Waals surface area contributed by atoms with Crippen molar-refractivity contribution in [3.05, 3.63) is 5.82 Å². The summed E-state index contributed by atoms with van der Waals surface area (Å²) in [6, 6.07) is 0.637. The number of nitrogens with two attached hydrogens (primary N) is 1. The lowest BCUT2D eigenvalue weighted by molar-refractivity contribution is 0.205. The number of anilines is 2. The van der Waals surface area contributed by atoms with Crippen molar-refractivity contribution in [1.29, 1.82) is 0 Å². The number of hydrogen-bond acceptors (Lipinski definition) is 6. The third-order valence-electron chi connectivity index (χ3n) is 9.31. The summed E-state index contributed by atoms with van der Waals surface area (Å²) in [6.07, 6.45) is 10.6. The van der Waals surface area contributed by atoms with Crippen molar-refractivity contribution in [3.8, 4) is 0 Å². The van der Waals surface area contributed by atoms with Gasteiger partial charge < -0.3 is 25.6 Å². The van der Waals surface area contributed by atoms with Crippen LogP contribution in [0.25, 0.3) is 11.2 Å². The maximum absolute atomic E-state index is 11.3. The molecule has 3 fully saturated rings. The third-order valence-corrected chi connectivity index (χ3v) is 9.31. The van der Waals surface area contributed by atoms with Gasteiger partial charge in [-0.05, 0) is 75.0 Å². The molecule has 0 bridgehead atoms. The molecule has 2 aliphatic carbocycles. The average molecular weight is 553 g/mol. The Morgan fingerprint density at radius 1 is 1.10 bits per heavy atom. The van der Waals surface area contributed by atoms with Gasteiger partial charge in [0, 0.05) is 25.2 Å². The van der Waals surface area contributed by atoms with Crippen molar-refractivity contribution in [1.82, 2.24) is 19.5 Å². The molecule has 10 heteroatoms. The molecule has 220 valence electrons. The summed E-state index contributed by atoms with van der Waals surface area (Å²) in [5, 5.41) is 12.9. The normalized spacial score (nSPS) is 25.3. The van der Waals surface area contributed by atoms with Gasteiger partial charge >= 0.3 is 6.09 Å². The summed E-state index contributed by atoms with van der Waals surface area (Å²) in [5.41, 5.74) is 7.74. The number of nitrogens with zero attached hydrogens (tertiary/aromatic N) is 6. The van der Waals surface area contributed by atoms with E-state index >= 15 is 0 Å². The summed E-state index contributed by atoms with van der Waals surface area (Å²) in [6.45, 7) is 13.3. The molecule has 5 rings (SSSR count). The minimum atomic E-state index is -1.36. The number of aromatic nitrogens is 4. The van der Waals surface area contributed by atoms with Gasteiger partial charge in [-0.15, -0.1) is 0 Å². The van der Waals surface area contributed by atoms with Crippen molar-refractivity contribution >= 4 is 34.9 Å². The zero-order chi connectivity index (χ0) is 28.6. The van der Waals surface area contributed by atoms with Crippen LogP contribution in [0.5, 0.6) is 0 Å². The van der Waals surface area contributed by atoms with Gasteiger partial charge in [-0.2, -0.15) is 9.98 Å². The summed E-state index contributed by atoms with van der Waals surface area (Å²) < 4.78 is 2.38. The lowest BCUT2D eigenvalue weighted by atomic mass is 9.80. The van der Waals surface area contributed by atoms with E-state index in [9.17, 15) is 9.90 Å². The second-order valence-corrected chi connectivity index (χ2v) is 13.9. The van der Waals surface area contributed by atoms with Crippen LogP contribution < -0.4 is 16.0 Å². The number of rotatable bonds is 8. The van der Waals surface area contributed by atoms with Crippen LogP contribution in [-0.2, 0) is 6.54 Å². The highest BCUT2D eigenvalue weighted by atomic mass is 16.4. The minimum Gasteiger partial charge on any atom is -0.463 e. The van der Waals surface area contributed by atoms with Crippen molar-refractivity contribution in [2.45, 2.75) is 117 Å². The van der Waals surface area contributed by atoms with E-state index in [0.29, 0.717) is 29.3 Å². The van der Waals surface area contributed by atoms with E-state index in [1.807, 2.05) is 0 Å². The molecule has 4 N–H and O–H groups in total. The maximum atomic E-state index is 11.3. The Balaban J connectivity index is 1.63.